The van der Waals surface area contributed by atoms with Crippen molar-refractivity contribution >= 4 is 37.4 Å². The first-order chi connectivity index (χ1) is 17.3. The highest BCUT2D eigenvalue weighted by molar-refractivity contribution is 7.85. The van der Waals surface area contributed by atoms with Crippen LogP contribution in [0.4, 0.5) is 26.3 Å². The van der Waals surface area contributed by atoms with Crippen LogP contribution >= 0.6 is 0 Å². The minimum Gasteiger partial charge on any atom is -0.269 e. The van der Waals surface area contributed by atoms with Gasteiger partial charge in [0.05, 0.1) is 12.0 Å². The predicted molar refractivity (Wildman–Crippen MR) is 129 cm³/mol. The molecule has 4 nitrogen and oxygen atoms in total. The largest absolute Gasteiger partial charge is 0.401 e. The van der Waals surface area contributed by atoms with E-state index in [4.69, 9.17) is 0 Å². The van der Waals surface area contributed by atoms with E-state index in [9.17, 15) is 34.8 Å². The minimum absolute atomic E-state index is 0.0400. The topological polar surface area (TPSA) is 55.7 Å². The lowest BCUT2D eigenvalue weighted by Crippen LogP contribution is -2.39. The number of fused-ring (bicyclic) bond motifs is 2. The molecule has 0 fully saturated rings. The van der Waals surface area contributed by atoms with Crippen LogP contribution < -0.4 is 0 Å². The first-order valence-corrected chi connectivity index (χ1v) is 12.6. The van der Waals surface area contributed by atoms with Crippen molar-refractivity contribution in [2.75, 3.05) is 6.26 Å². The van der Waals surface area contributed by atoms with Gasteiger partial charge in [0.2, 0.25) is 0 Å². The zero-order valence-corrected chi connectivity index (χ0v) is 19.9. The third kappa shape index (κ3) is 5.71. The SMILES string of the molecule is CS(=O)(=O)ON=C(C(c1cccc2ccccc12)C(F)(F)F)C(c1cccc2ccccc12)C(F)(F)F. The second-order valence-corrected chi connectivity index (χ2v) is 9.94. The number of rotatable bonds is 6. The van der Waals surface area contributed by atoms with Crippen molar-refractivity contribution in [3.63, 3.8) is 0 Å². The predicted octanol–water partition coefficient (Wildman–Crippen LogP) is 7.32. The number of halogens is 6. The maximum atomic E-state index is 14.7. The number of alkyl halides is 6. The van der Waals surface area contributed by atoms with Crippen LogP contribution in [0.3, 0.4) is 0 Å². The zero-order chi connectivity index (χ0) is 27.0. The van der Waals surface area contributed by atoms with Crippen molar-refractivity contribution in [1.29, 1.82) is 0 Å². The molecule has 0 spiro atoms. The van der Waals surface area contributed by atoms with Crippen molar-refractivity contribution in [3.05, 3.63) is 96.1 Å². The van der Waals surface area contributed by atoms with Crippen molar-refractivity contribution in [1.82, 2.24) is 0 Å². The minimum atomic E-state index is -5.29. The second-order valence-electron chi connectivity index (χ2n) is 8.38. The second kappa shape index (κ2) is 9.70. The maximum absolute atomic E-state index is 14.7. The van der Waals surface area contributed by atoms with E-state index in [1.165, 1.54) is 60.7 Å². The monoisotopic (exact) mass is 539 g/mol. The highest BCUT2D eigenvalue weighted by Crippen LogP contribution is 2.48. The van der Waals surface area contributed by atoms with Gasteiger partial charge in [-0.1, -0.05) is 90.1 Å². The summed E-state index contributed by atoms with van der Waals surface area (Å²) in [4.78, 5) is 0. The lowest BCUT2D eigenvalue weighted by atomic mass is 9.79. The van der Waals surface area contributed by atoms with Crippen molar-refractivity contribution in [2.24, 2.45) is 5.16 Å². The van der Waals surface area contributed by atoms with E-state index in [2.05, 4.69) is 9.44 Å². The molecule has 2 atom stereocenters. The fourth-order valence-corrected chi connectivity index (χ4v) is 4.62. The molecular formula is C26H19F6NO3S. The molecule has 0 aliphatic carbocycles. The van der Waals surface area contributed by atoms with Gasteiger partial charge in [-0.05, 0) is 32.7 Å². The average Bonchev–Trinajstić information content (AvgIpc) is 2.80. The van der Waals surface area contributed by atoms with Crippen LogP contribution in [-0.2, 0) is 14.4 Å². The highest BCUT2D eigenvalue weighted by atomic mass is 32.2. The Morgan fingerprint density at radius 2 is 1.05 bits per heavy atom. The zero-order valence-electron chi connectivity index (χ0n) is 19.1. The van der Waals surface area contributed by atoms with Gasteiger partial charge in [0.15, 0.2) is 0 Å². The van der Waals surface area contributed by atoms with E-state index in [-0.39, 0.29) is 10.8 Å². The van der Waals surface area contributed by atoms with Crippen LogP contribution in [0.25, 0.3) is 21.5 Å². The van der Waals surface area contributed by atoms with E-state index >= 15 is 0 Å². The van der Waals surface area contributed by atoms with Crippen LogP contribution in [0.2, 0.25) is 0 Å². The lowest BCUT2D eigenvalue weighted by molar-refractivity contribution is -0.147. The summed E-state index contributed by atoms with van der Waals surface area (Å²) >= 11 is 0. The molecule has 11 heteroatoms. The van der Waals surface area contributed by atoms with E-state index in [1.54, 1.807) is 12.1 Å². The molecule has 0 saturated heterocycles. The molecule has 4 aromatic carbocycles. The smallest absolute Gasteiger partial charge is 0.269 e. The molecular weight excluding hydrogens is 520 g/mol. The Morgan fingerprint density at radius 1 is 0.676 bits per heavy atom. The van der Waals surface area contributed by atoms with Gasteiger partial charge >= 0.3 is 22.5 Å². The Labute approximate surface area is 208 Å². The molecule has 0 aliphatic rings. The number of hydrogen-bond acceptors (Lipinski definition) is 4. The van der Waals surface area contributed by atoms with Crippen molar-refractivity contribution < 1.29 is 39.0 Å². The van der Waals surface area contributed by atoms with E-state index in [1.807, 2.05) is 0 Å². The van der Waals surface area contributed by atoms with Gasteiger partial charge in [0.1, 0.15) is 11.8 Å². The molecule has 0 N–H and O–H groups in total. The van der Waals surface area contributed by atoms with Crippen LogP contribution in [0.1, 0.15) is 23.0 Å². The molecule has 0 bridgehead atoms. The van der Waals surface area contributed by atoms with Gasteiger partial charge in [-0.2, -0.15) is 34.8 Å². The van der Waals surface area contributed by atoms with Gasteiger partial charge in [-0.15, -0.1) is 0 Å². The summed E-state index contributed by atoms with van der Waals surface area (Å²) in [7, 11) is -4.55. The third-order valence-electron chi connectivity index (χ3n) is 5.79. The first-order valence-electron chi connectivity index (χ1n) is 10.8. The lowest BCUT2D eigenvalue weighted by Gasteiger charge is -2.30. The van der Waals surface area contributed by atoms with E-state index < -0.39 is 51.1 Å². The Hall–Kier alpha value is -3.60. The fraction of sp³-hybridized carbons (Fsp3) is 0.192. The number of benzene rings is 4. The van der Waals surface area contributed by atoms with Crippen LogP contribution in [0.5, 0.6) is 0 Å². The fourth-order valence-electron chi connectivity index (χ4n) is 4.39. The highest BCUT2D eigenvalue weighted by Gasteiger charge is 2.55. The van der Waals surface area contributed by atoms with E-state index in [0.29, 0.717) is 17.0 Å². The van der Waals surface area contributed by atoms with Crippen molar-refractivity contribution in [3.8, 4) is 0 Å². The molecule has 2 unspecified atom stereocenters. The average molecular weight is 539 g/mol. The van der Waals surface area contributed by atoms with Crippen LogP contribution in [-0.4, -0.2) is 32.7 Å². The Bertz CT molecular complexity index is 1470. The standard InChI is InChI=1S/C26H19F6NO3S/c1-37(34,35)36-33-24(22(25(27,28)29)20-14-6-10-16-8-2-4-12-18(16)20)23(26(30,31)32)21-15-7-11-17-9-3-5-13-19(17)21/h2-15,22-23H,1H3. The first kappa shape index (κ1) is 26.5. The summed E-state index contributed by atoms with van der Waals surface area (Å²) < 4.78 is 116. The third-order valence-corrected chi connectivity index (χ3v) is 6.14. The molecule has 194 valence electrons. The number of nitrogens with zero attached hydrogens (tertiary/aromatic N) is 1. The maximum Gasteiger partial charge on any atom is 0.401 e. The molecule has 0 aliphatic heterocycles. The number of oxime groups is 1. The summed E-state index contributed by atoms with van der Waals surface area (Å²) in [6, 6.07) is 19.5. The summed E-state index contributed by atoms with van der Waals surface area (Å²) in [5, 5.41) is 3.87. The molecule has 0 heterocycles. The Kier molecular flexibility index (Phi) is 6.93. The molecule has 0 saturated carbocycles. The number of hydrogen-bond donors (Lipinski definition) is 0. The molecule has 0 amide bonds. The van der Waals surface area contributed by atoms with Crippen LogP contribution in [0.15, 0.2) is 90.1 Å². The Balaban J connectivity index is 2.09. The normalized spacial score (nSPS) is 14.4. The van der Waals surface area contributed by atoms with Gasteiger partial charge < -0.3 is 0 Å². The van der Waals surface area contributed by atoms with E-state index in [0.717, 1.165) is 12.1 Å². The summed E-state index contributed by atoms with van der Waals surface area (Å²) in [5.41, 5.74) is -2.58. The van der Waals surface area contributed by atoms with Gasteiger partial charge in [0.25, 0.3) is 0 Å². The summed E-state index contributed by atoms with van der Waals surface area (Å²) in [6.07, 6.45) is -10.1. The molecule has 4 rings (SSSR count). The van der Waals surface area contributed by atoms with Gasteiger partial charge in [-0.25, -0.2) is 0 Å². The Morgan fingerprint density at radius 3 is 1.43 bits per heavy atom. The summed E-state index contributed by atoms with van der Waals surface area (Å²) in [6.45, 7) is 0. The molecule has 0 aromatic heterocycles. The molecule has 37 heavy (non-hydrogen) atoms. The van der Waals surface area contributed by atoms with Crippen molar-refractivity contribution in [2.45, 2.75) is 24.2 Å². The van der Waals surface area contributed by atoms with Gasteiger partial charge in [-0.3, -0.25) is 4.28 Å². The summed E-state index contributed by atoms with van der Waals surface area (Å²) in [5.74, 6) is -5.88. The van der Waals surface area contributed by atoms with Gasteiger partial charge in [0, 0.05) is 0 Å². The molecule has 0 radical (unpaired) electrons. The quantitative estimate of drug-likeness (QED) is 0.147. The molecule has 4 aromatic rings. The van der Waals surface area contributed by atoms with Crippen LogP contribution in [0, 0.1) is 0 Å².